The molecular weight excluding hydrogens is 249 g/mol. The van der Waals surface area contributed by atoms with E-state index in [1.165, 1.54) is 11.1 Å². The van der Waals surface area contributed by atoms with Gasteiger partial charge in [-0.05, 0) is 40.9 Å². The van der Waals surface area contributed by atoms with E-state index in [2.05, 4.69) is 40.8 Å². The lowest BCUT2D eigenvalue weighted by Gasteiger charge is -2.03. The van der Waals surface area contributed by atoms with E-state index in [9.17, 15) is 0 Å². The Morgan fingerprint density at radius 1 is 1.31 bits per heavy atom. The average molecular weight is 259 g/mol. The van der Waals surface area contributed by atoms with Gasteiger partial charge in [0, 0.05) is 16.1 Å². The monoisotopic (exact) mass is 257 g/mol. The van der Waals surface area contributed by atoms with E-state index < -0.39 is 0 Å². The molecule has 2 rings (SSSR count). The molecule has 0 atom stereocenters. The Balaban J connectivity index is 3.00. The smallest absolute Gasteiger partial charge is 0.0670 e. The summed E-state index contributed by atoms with van der Waals surface area (Å²) in [4.78, 5) is 3.16. The van der Waals surface area contributed by atoms with Crippen LogP contribution < -0.4 is 0 Å². The van der Waals surface area contributed by atoms with Crippen LogP contribution in [0.4, 0.5) is 0 Å². The number of fused-ring (bicyclic) bond motifs is 1. The van der Waals surface area contributed by atoms with Gasteiger partial charge >= 0.3 is 0 Å². The van der Waals surface area contributed by atoms with Gasteiger partial charge in [-0.15, -0.1) is 0 Å². The quantitative estimate of drug-likeness (QED) is 0.729. The minimum atomic E-state index is 0.772. The van der Waals surface area contributed by atoms with Crippen molar-refractivity contribution in [1.82, 2.24) is 4.98 Å². The molecule has 1 N–H and O–H groups in total. The Bertz CT molecular complexity index is 473. The molecule has 0 radical (unpaired) electrons. The molecule has 0 unspecified atom stereocenters. The highest BCUT2D eigenvalue weighted by Gasteiger charge is 2.09. The maximum Gasteiger partial charge on any atom is 0.0670 e. The molecule has 13 heavy (non-hydrogen) atoms. The summed E-state index contributed by atoms with van der Waals surface area (Å²) in [5.41, 5.74) is 3.55. The van der Waals surface area contributed by atoms with Crippen LogP contribution in [0.25, 0.3) is 10.9 Å². The summed E-state index contributed by atoms with van der Waals surface area (Å²) in [5, 5.41) is 1.85. The van der Waals surface area contributed by atoms with E-state index >= 15 is 0 Å². The van der Waals surface area contributed by atoms with Gasteiger partial charge in [-0.1, -0.05) is 17.7 Å². The number of rotatable bonds is 0. The largest absolute Gasteiger partial charge is 0.359 e. The second kappa shape index (κ2) is 3.03. The van der Waals surface area contributed by atoms with Crippen LogP contribution in [0.3, 0.4) is 0 Å². The van der Waals surface area contributed by atoms with Crippen LogP contribution in [0.2, 0.25) is 5.02 Å². The minimum absolute atomic E-state index is 0.772. The first-order valence-electron chi connectivity index (χ1n) is 4.03. The molecule has 0 amide bonds. The van der Waals surface area contributed by atoms with E-state index in [0.29, 0.717) is 0 Å². The zero-order chi connectivity index (χ0) is 9.59. The number of nitrogens with one attached hydrogen (secondary N) is 1. The molecule has 0 aliphatic rings. The van der Waals surface area contributed by atoms with Crippen molar-refractivity contribution in [2.45, 2.75) is 13.8 Å². The van der Waals surface area contributed by atoms with E-state index in [-0.39, 0.29) is 0 Å². The molecule has 68 valence electrons. The highest BCUT2D eigenvalue weighted by molar-refractivity contribution is 9.10. The Hall–Kier alpha value is -0.470. The Morgan fingerprint density at radius 2 is 2.00 bits per heavy atom. The second-order valence-corrected chi connectivity index (χ2v) is 4.41. The summed E-state index contributed by atoms with van der Waals surface area (Å²) in [6.07, 6.45) is 1.82. The normalized spacial score (nSPS) is 11.1. The van der Waals surface area contributed by atoms with Crippen LogP contribution in [0.15, 0.2) is 16.7 Å². The number of H-pyrrole nitrogens is 1. The van der Waals surface area contributed by atoms with Crippen molar-refractivity contribution >= 4 is 38.4 Å². The zero-order valence-electron chi connectivity index (χ0n) is 7.41. The van der Waals surface area contributed by atoms with E-state index in [1.54, 1.807) is 0 Å². The molecule has 0 saturated carbocycles. The Labute approximate surface area is 90.2 Å². The number of hydrogen-bond acceptors (Lipinski definition) is 0. The van der Waals surface area contributed by atoms with Gasteiger partial charge < -0.3 is 4.98 Å². The average Bonchev–Trinajstić information content (AvgIpc) is 2.44. The van der Waals surface area contributed by atoms with Crippen LogP contribution >= 0.6 is 27.5 Å². The first kappa shape index (κ1) is 9.10. The minimum Gasteiger partial charge on any atom is -0.359 e. The van der Waals surface area contributed by atoms with Crippen molar-refractivity contribution in [2.75, 3.05) is 0 Å². The predicted molar refractivity (Wildman–Crippen MR) is 60.5 cm³/mol. The van der Waals surface area contributed by atoms with Gasteiger partial charge in [-0.3, -0.25) is 0 Å². The molecule has 0 fully saturated rings. The lowest BCUT2D eigenvalue weighted by atomic mass is 10.1. The van der Waals surface area contributed by atoms with Gasteiger partial charge in [0.2, 0.25) is 0 Å². The molecule has 1 nitrogen and oxygen atoms in total. The van der Waals surface area contributed by atoms with E-state index in [4.69, 9.17) is 11.6 Å². The van der Waals surface area contributed by atoms with Gasteiger partial charge in [-0.25, -0.2) is 0 Å². The molecule has 0 bridgehead atoms. The standard InChI is InChI=1S/C10H9BrClN/c1-5-3-6(2)10-8(9(5)11)7(12)4-13-10/h3-4,13H,1-2H3. The molecule has 1 heterocycles. The van der Waals surface area contributed by atoms with E-state index in [0.717, 1.165) is 20.4 Å². The number of aryl methyl sites for hydroxylation is 2. The number of benzene rings is 1. The summed E-state index contributed by atoms with van der Waals surface area (Å²) in [6.45, 7) is 4.15. The summed E-state index contributed by atoms with van der Waals surface area (Å²) in [7, 11) is 0. The summed E-state index contributed by atoms with van der Waals surface area (Å²) in [5.74, 6) is 0. The molecule has 2 aromatic rings. The summed E-state index contributed by atoms with van der Waals surface area (Å²) >= 11 is 9.60. The van der Waals surface area contributed by atoms with Crippen molar-refractivity contribution < 1.29 is 0 Å². The maximum absolute atomic E-state index is 6.06. The van der Waals surface area contributed by atoms with Gasteiger partial charge in [0.05, 0.1) is 10.5 Å². The summed E-state index contributed by atoms with van der Waals surface area (Å²) in [6, 6.07) is 2.14. The fraction of sp³-hybridized carbons (Fsp3) is 0.200. The van der Waals surface area contributed by atoms with Crippen molar-refractivity contribution in [1.29, 1.82) is 0 Å². The van der Waals surface area contributed by atoms with E-state index in [1.807, 2.05) is 6.20 Å². The van der Waals surface area contributed by atoms with Gasteiger partial charge in [0.25, 0.3) is 0 Å². The number of aromatic amines is 1. The molecule has 1 aromatic heterocycles. The van der Waals surface area contributed by atoms with Gasteiger partial charge in [0.15, 0.2) is 0 Å². The van der Waals surface area contributed by atoms with Crippen molar-refractivity contribution in [3.05, 3.63) is 32.9 Å². The SMILES string of the molecule is Cc1cc(C)c2[nH]cc(Cl)c2c1Br. The van der Waals surface area contributed by atoms with Gasteiger partial charge in [0.1, 0.15) is 0 Å². The highest BCUT2D eigenvalue weighted by Crippen LogP contribution is 2.34. The van der Waals surface area contributed by atoms with Crippen LogP contribution in [-0.4, -0.2) is 4.98 Å². The lowest BCUT2D eigenvalue weighted by molar-refractivity contribution is 1.37. The van der Waals surface area contributed by atoms with Crippen LogP contribution in [-0.2, 0) is 0 Å². The van der Waals surface area contributed by atoms with Crippen molar-refractivity contribution in [3.63, 3.8) is 0 Å². The zero-order valence-corrected chi connectivity index (χ0v) is 9.75. The first-order chi connectivity index (χ1) is 6.11. The first-order valence-corrected chi connectivity index (χ1v) is 5.20. The fourth-order valence-electron chi connectivity index (χ4n) is 1.58. The molecule has 0 aliphatic heterocycles. The lowest BCUT2D eigenvalue weighted by Crippen LogP contribution is -1.82. The summed E-state index contributed by atoms with van der Waals surface area (Å²) < 4.78 is 1.08. The third kappa shape index (κ3) is 1.29. The third-order valence-electron chi connectivity index (χ3n) is 2.23. The predicted octanol–water partition coefficient (Wildman–Crippen LogP) is 4.20. The number of hydrogen-bond donors (Lipinski definition) is 1. The fourth-order valence-corrected chi connectivity index (χ4v) is 2.47. The van der Waals surface area contributed by atoms with Crippen molar-refractivity contribution in [2.24, 2.45) is 0 Å². The third-order valence-corrected chi connectivity index (χ3v) is 3.55. The van der Waals surface area contributed by atoms with Crippen LogP contribution in [0, 0.1) is 13.8 Å². The molecule has 0 aliphatic carbocycles. The molecular formula is C10H9BrClN. The Morgan fingerprint density at radius 3 is 2.69 bits per heavy atom. The molecule has 0 saturated heterocycles. The number of halogens is 2. The second-order valence-electron chi connectivity index (χ2n) is 3.21. The van der Waals surface area contributed by atoms with Crippen LogP contribution in [0.1, 0.15) is 11.1 Å². The Kier molecular flexibility index (Phi) is 2.12. The molecule has 0 spiro atoms. The molecule has 1 aromatic carbocycles. The van der Waals surface area contributed by atoms with Crippen LogP contribution in [0.5, 0.6) is 0 Å². The number of aromatic nitrogens is 1. The maximum atomic E-state index is 6.06. The van der Waals surface area contributed by atoms with Crippen molar-refractivity contribution in [3.8, 4) is 0 Å². The topological polar surface area (TPSA) is 15.8 Å². The van der Waals surface area contributed by atoms with Gasteiger partial charge in [-0.2, -0.15) is 0 Å². The highest BCUT2D eigenvalue weighted by atomic mass is 79.9. The molecule has 3 heteroatoms.